The third kappa shape index (κ3) is 3.04. The molecule has 3 aromatic carbocycles. The molecule has 0 saturated heterocycles. The number of H-pyrrole nitrogens is 2. The number of fused-ring (bicyclic) bond motifs is 3. The summed E-state index contributed by atoms with van der Waals surface area (Å²) in [4.78, 5) is 19.5. The number of rotatable bonds is 5. The van der Waals surface area contributed by atoms with Crippen LogP contribution >= 0.6 is 0 Å². The largest absolute Gasteiger partial charge is 0.493 e. The molecule has 5 aromatic rings. The summed E-state index contributed by atoms with van der Waals surface area (Å²) in [6.07, 6.45) is 0.911. The van der Waals surface area contributed by atoms with Gasteiger partial charge in [0.1, 0.15) is 0 Å². The number of hydrogen-bond acceptors (Lipinski definition) is 4. The number of hydrogen-bond donors (Lipinski definition) is 2. The molecule has 0 atom stereocenters. The summed E-state index contributed by atoms with van der Waals surface area (Å²) in [5.74, 6) is 2.08. The zero-order chi connectivity index (χ0) is 21.5. The van der Waals surface area contributed by atoms with Gasteiger partial charge in [-0.3, -0.25) is 0 Å². The van der Waals surface area contributed by atoms with E-state index in [1.54, 1.807) is 43.5 Å². The van der Waals surface area contributed by atoms with E-state index in [9.17, 15) is 10.1 Å². The van der Waals surface area contributed by atoms with Gasteiger partial charge in [0.25, 0.3) is 16.9 Å². The van der Waals surface area contributed by atoms with Crippen molar-refractivity contribution in [3.63, 3.8) is 0 Å². The van der Waals surface area contributed by atoms with E-state index in [0.29, 0.717) is 40.2 Å². The molecule has 5 rings (SSSR count). The van der Waals surface area contributed by atoms with E-state index in [0.717, 1.165) is 38.0 Å². The average molecular weight is 418 g/mol. The van der Waals surface area contributed by atoms with Gasteiger partial charge in [0, 0.05) is 17.0 Å². The van der Waals surface area contributed by atoms with Crippen molar-refractivity contribution in [2.45, 2.75) is 13.3 Å². The molecule has 0 unspecified atom stereocenters. The number of methoxy groups -OCH3 is 1. The minimum atomic E-state index is 0.358. The standard InChI is InChI=1S/C23H21N4O4/c1-3-10-31-21-9-8-14(11-22(21)30-2)23-24-15-12-19-20(13-16(15)25-23)27(29)18-7-5-4-6-17(18)26(19)28/h4-9,11-13,28H,3,10H2,1-2H3,(H,24,25)/q+1/p+1. The number of aromatic amines is 2. The van der Waals surface area contributed by atoms with Crippen molar-refractivity contribution < 1.29 is 24.1 Å². The number of para-hydroxylation sites is 2. The second-order valence-corrected chi connectivity index (χ2v) is 7.32. The van der Waals surface area contributed by atoms with E-state index in [1.165, 1.54) is 0 Å². The molecule has 0 amide bonds. The molecule has 2 heterocycles. The van der Waals surface area contributed by atoms with Crippen LogP contribution in [0.2, 0.25) is 0 Å². The van der Waals surface area contributed by atoms with E-state index >= 15 is 0 Å². The minimum Gasteiger partial charge on any atom is -0.493 e. The Bertz CT molecular complexity index is 1500. The van der Waals surface area contributed by atoms with Crippen molar-refractivity contribution in [2.24, 2.45) is 0 Å². The Kier molecular flexibility index (Phi) is 4.47. The number of aromatic nitrogens is 4. The predicted molar refractivity (Wildman–Crippen MR) is 116 cm³/mol. The van der Waals surface area contributed by atoms with Crippen LogP contribution in [0.1, 0.15) is 13.3 Å². The summed E-state index contributed by atoms with van der Waals surface area (Å²) in [6, 6.07) is 16.1. The van der Waals surface area contributed by atoms with Crippen LogP contribution in [-0.2, 0) is 0 Å². The van der Waals surface area contributed by atoms with Crippen LogP contribution in [0.15, 0.2) is 54.6 Å². The molecule has 3 N–H and O–H groups in total. The molecule has 0 aliphatic carbocycles. The van der Waals surface area contributed by atoms with E-state index in [1.807, 2.05) is 18.2 Å². The molecule has 0 saturated carbocycles. The number of nitrogens with zero attached hydrogens (tertiary/aromatic N) is 2. The number of imidazole rings is 1. The van der Waals surface area contributed by atoms with E-state index in [-0.39, 0.29) is 0 Å². The summed E-state index contributed by atoms with van der Waals surface area (Å²) in [7, 11) is 1.61. The summed E-state index contributed by atoms with van der Waals surface area (Å²) < 4.78 is 13.1. The molecule has 8 nitrogen and oxygen atoms in total. The highest BCUT2D eigenvalue weighted by atomic mass is 16.5. The van der Waals surface area contributed by atoms with Crippen molar-refractivity contribution in [3.05, 3.63) is 59.5 Å². The van der Waals surface area contributed by atoms with Crippen LogP contribution in [0.3, 0.4) is 0 Å². The zero-order valence-electron chi connectivity index (χ0n) is 17.2. The second-order valence-electron chi connectivity index (χ2n) is 7.32. The Morgan fingerprint density at radius 1 is 1.06 bits per heavy atom. The van der Waals surface area contributed by atoms with Gasteiger partial charge in [0.05, 0.1) is 29.8 Å². The summed E-state index contributed by atoms with van der Waals surface area (Å²) in [6.45, 7) is 2.67. The van der Waals surface area contributed by atoms with Gasteiger partial charge in [0.2, 0.25) is 0 Å². The summed E-state index contributed by atoms with van der Waals surface area (Å²) >= 11 is 0. The van der Waals surface area contributed by atoms with Crippen LogP contribution in [0.5, 0.6) is 11.5 Å². The van der Waals surface area contributed by atoms with Crippen LogP contribution in [0.4, 0.5) is 0 Å². The van der Waals surface area contributed by atoms with Gasteiger partial charge in [0.15, 0.2) is 33.6 Å². The van der Waals surface area contributed by atoms with Crippen molar-refractivity contribution in [1.29, 1.82) is 0 Å². The van der Waals surface area contributed by atoms with Crippen molar-refractivity contribution in [3.8, 4) is 22.9 Å². The third-order valence-corrected chi connectivity index (χ3v) is 5.32. The van der Waals surface area contributed by atoms with Gasteiger partial charge in [-0.15, -0.1) is 0 Å². The van der Waals surface area contributed by atoms with Gasteiger partial charge < -0.3 is 14.7 Å². The van der Waals surface area contributed by atoms with E-state index < -0.39 is 0 Å². The first-order chi connectivity index (χ1) is 15.1. The molecule has 0 bridgehead atoms. The lowest BCUT2D eigenvalue weighted by Crippen LogP contribution is -2.20. The second kappa shape index (κ2) is 7.32. The van der Waals surface area contributed by atoms with E-state index in [2.05, 4.69) is 16.9 Å². The highest BCUT2D eigenvalue weighted by Gasteiger charge is 2.23. The maximum absolute atomic E-state index is 12.9. The fourth-order valence-corrected chi connectivity index (χ4v) is 3.79. The molecular weight excluding hydrogens is 396 g/mol. The molecule has 0 aliphatic heterocycles. The smallest absolute Gasteiger partial charge is 0.295 e. The first-order valence-corrected chi connectivity index (χ1v) is 10.1. The quantitative estimate of drug-likeness (QED) is 0.258. The van der Waals surface area contributed by atoms with Gasteiger partial charge in [-0.1, -0.05) is 19.1 Å². The van der Waals surface area contributed by atoms with Crippen molar-refractivity contribution >= 4 is 33.1 Å². The van der Waals surface area contributed by atoms with Crippen LogP contribution < -0.4 is 18.9 Å². The number of ether oxygens (including phenoxy) is 2. The lowest BCUT2D eigenvalue weighted by Gasteiger charge is -2.10. The molecule has 0 aliphatic rings. The number of benzene rings is 3. The molecular formula is C23H22N4O4+2. The molecule has 0 fully saturated rings. The molecule has 2 aromatic heterocycles. The van der Waals surface area contributed by atoms with Gasteiger partial charge >= 0.3 is 0 Å². The highest BCUT2D eigenvalue weighted by Crippen LogP contribution is 2.32. The zero-order valence-corrected chi connectivity index (χ0v) is 17.2. The lowest BCUT2D eigenvalue weighted by atomic mass is 10.2. The normalized spacial score (nSPS) is 11.4. The molecule has 8 heteroatoms. The predicted octanol–water partition coefficient (Wildman–Crippen LogP) is 3.71. The van der Waals surface area contributed by atoms with Crippen molar-refractivity contribution in [1.82, 2.24) is 9.71 Å². The van der Waals surface area contributed by atoms with Gasteiger partial charge in [-0.2, -0.15) is 4.73 Å². The third-order valence-electron chi connectivity index (χ3n) is 5.32. The van der Waals surface area contributed by atoms with Crippen LogP contribution in [0.25, 0.3) is 44.5 Å². The van der Waals surface area contributed by atoms with Gasteiger partial charge in [-0.25, -0.2) is 9.97 Å². The van der Waals surface area contributed by atoms with Crippen LogP contribution in [-0.4, -0.2) is 28.6 Å². The molecule has 0 spiro atoms. The lowest BCUT2D eigenvalue weighted by molar-refractivity contribution is -0.433. The van der Waals surface area contributed by atoms with Crippen molar-refractivity contribution in [2.75, 3.05) is 13.7 Å². The Morgan fingerprint density at radius 3 is 2.71 bits per heavy atom. The van der Waals surface area contributed by atoms with Gasteiger partial charge in [-0.05, 0) is 30.7 Å². The Labute approximate surface area is 176 Å². The fraction of sp³-hybridized carbons (Fsp3) is 0.174. The first kappa shape index (κ1) is 18.9. The van der Waals surface area contributed by atoms with E-state index in [4.69, 9.17) is 9.47 Å². The summed E-state index contributed by atoms with van der Waals surface area (Å²) in [5, 5.41) is 10.7. The molecule has 31 heavy (non-hydrogen) atoms. The average Bonchev–Trinajstić information content (AvgIpc) is 3.23. The first-order valence-electron chi connectivity index (χ1n) is 10.1. The highest BCUT2D eigenvalue weighted by molar-refractivity contribution is 5.91. The Morgan fingerprint density at radius 2 is 1.90 bits per heavy atom. The van der Waals surface area contributed by atoms with Crippen LogP contribution in [0, 0.1) is 4.91 Å². The monoisotopic (exact) mass is 418 g/mol. The maximum Gasteiger partial charge on any atom is 0.295 e. The maximum atomic E-state index is 12.9. The molecule has 156 valence electrons. The topological polar surface area (TPSA) is 96.5 Å². The minimum absolute atomic E-state index is 0.358. The fourth-order valence-electron chi connectivity index (χ4n) is 3.79. The SMILES string of the molecule is CCCOc1ccc(-c2[nH]c3cc4c(cc3[nH+]2)[n+](=O)c2ccccc2n4O)cc1OC. The molecule has 0 radical (unpaired) electrons. The summed E-state index contributed by atoms with van der Waals surface area (Å²) in [5.41, 5.74) is 3.96. The Hall–Kier alpha value is -4.07. The Balaban J connectivity index is 1.68. The number of nitrogens with one attached hydrogen (secondary N) is 2.